The first kappa shape index (κ1) is 28.1. The van der Waals surface area contributed by atoms with Crippen molar-refractivity contribution in [3.63, 3.8) is 0 Å². The lowest BCUT2D eigenvalue weighted by atomic mass is 10.1. The minimum absolute atomic E-state index is 0.0503. The summed E-state index contributed by atoms with van der Waals surface area (Å²) in [5, 5.41) is 14.8. The highest BCUT2D eigenvalue weighted by atomic mass is 32.2. The number of carboxylic acid groups (broad SMARTS) is 1. The van der Waals surface area contributed by atoms with Gasteiger partial charge in [-0.3, -0.25) is 23.7 Å². The molecule has 0 aliphatic carbocycles. The first-order valence-corrected chi connectivity index (χ1v) is 12.5. The fraction of sp³-hybridized carbons (Fsp3) is 0.458. The number of hydrogen-bond donors (Lipinski definition) is 3. The Labute approximate surface area is 208 Å². The molecule has 0 saturated heterocycles. The van der Waals surface area contributed by atoms with Crippen LogP contribution in [0.1, 0.15) is 37.8 Å². The summed E-state index contributed by atoms with van der Waals surface area (Å²) in [6, 6.07) is 7.46. The molecular weight excluding hydrogens is 472 g/mol. The summed E-state index contributed by atoms with van der Waals surface area (Å²) in [7, 11) is 1.59. The number of ether oxygens (including phenoxy) is 1. The number of carbonyl (C=O) groups excluding carboxylic acids is 2. The number of aliphatic carboxylic acids is 1. The fourth-order valence-corrected chi connectivity index (χ4v) is 4.29. The van der Waals surface area contributed by atoms with Gasteiger partial charge in [-0.2, -0.15) is 0 Å². The van der Waals surface area contributed by atoms with Gasteiger partial charge in [0.25, 0.3) is 5.56 Å². The van der Waals surface area contributed by atoms with Crippen molar-refractivity contribution >= 4 is 35.2 Å². The van der Waals surface area contributed by atoms with E-state index in [2.05, 4.69) is 15.6 Å². The molecule has 3 N–H and O–H groups in total. The van der Waals surface area contributed by atoms with Gasteiger partial charge in [-0.15, -0.1) is 11.8 Å². The van der Waals surface area contributed by atoms with E-state index < -0.39 is 35.9 Å². The Kier molecular flexibility index (Phi) is 12.0. The van der Waals surface area contributed by atoms with Crippen molar-refractivity contribution < 1.29 is 24.2 Å². The molecule has 0 bridgehead atoms. The molecule has 0 spiro atoms. The Balaban J connectivity index is 2.07. The number of nitrogens with one attached hydrogen (secondary N) is 2. The fourth-order valence-electron chi connectivity index (χ4n) is 3.36. The summed E-state index contributed by atoms with van der Waals surface area (Å²) in [5.41, 5.74) is 0.560. The van der Waals surface area contributed by atoms with Crippen LogP contribution in [0, 0.1) is 0 Å². The van der Waals surface area contributed by atoms with Crippen LogP contribution in [-0.4, -0.2) is 64.4 Å². The number of methoxy groups -OCH3 is 1. The smallest absolute Gasteiger partial charge is 0.305 e. The number of ketones is 1. The molecule has 1 unspecified atom stereocenters. The number of benzene rings is 1. The lowest BCUT2D eigenvalue weighted by molar-refractivity contribution is -0.140. The third-order valence-corrected chi connectivity index (χ3v) is 6.18. The van der Waals surface area contributed by atoms with Crippen molar-refractivity contribution in [3.05, 3.63) is 58.6 Å². The van der Waals surface area contributed by atoms with Gasteiger partial charge in [-0.1, -0.05) is 37.3 Å². The Hall–Kier alpha value is -3.18. The van der Waals surface area contributed by atoms with Crippen LogP contribution < -0.4 is 16.2 Å². The average molecular weight is 505 g/mol. The molecule has 2 atom stereocenters. The van der Waals surface area contributed by atoms with Crippen LogP contribution in [0.25, 0.3) is 0 Å². The predicted octanol–water partition coefficient (Wildman–Crippen LogP) is 2.10. The number of amides is 1. The molecule has 0 aliphatic heterocycles. The van der Waals surface area contributed by atoms with Gasteiger partial charge in [-0.25, -0.2) is 4.98 Å². The molecule has 1 heterocycles. The van der Waals surface area contributed by atoms with Crippen LogP contribution >= 0.6 is 11.8 Å². The lowest BCUT2D eigenvalue weighted by Crippen LogP contribution is -2.47. The van der Waals surface area contributed by atoms with E-state index in [0.29, 0.717) is 25.3 Å². The van der Waals surface area contributed by atoms with Crippen LogP contribution in [0.4, 0.5) is 5.82 Å². The van der Waals surface area contributed by atoms with Gasteiger partial charge in [0.15, 0.2) is 11.6 Å². The van der Waals surface area contributed by atoms with Crippen LogP contribution in [-0.2, 0) is 24.9 Å². The highest BCUT2D eigenvalue weighted by Gasteiger charge is 2.28. The number of anilines is 1. The van der Waals surface area contributed by atoms with Crippen LogP contribution in [0.15, 0.2) is 47.5 Å². The van der Waals surface area contributed by atoms with Crippen molar-refractivity contribution in [1.82, 2.24) is 14.9 Å². The Morgan fingerprint density at radius 2 is 1.97 bits per heavy atom. The first-order chi connectivity index (χ1) is 16.9. The summed E-state index contributed by atoms with van der Waals surface area (Å²) in [5.74, 6) is -1.45. The Bertz CT molecular complexity index is 1030. The van der Waals surface area contributed by atoms with E-state index in [-0.39, 0.29) is 23.8 Å². The summed E-state index contributed by atoms with van der Waals surface area (Å²) in [6.45, 7) is 2.72. The number of nitrogens with zero attached hydrogens (tertiary/aromatic N) is 2. The van der Waals surface area contributed by atoms with E-state index in [1.165, 1.54) is 28.7 Å². The standard InChI is InChI=1S/C24H32N4O6S/c1-3-19(28-12-11-26-22(24(28)33)25-10-7-13-34-2)23(32)27-18(14-21(30)31)20(29)16-35-15-17-8-5-4-6-9-17/h4-6,8-9,11-12,18-19H,3,7,10,13-16H2,1-2H3,(H,25,26)(H,27,32)(H,30,31)/t18-,19?/m0/s1. The van der Waals surface area contributed by atoms with Gasteiger partial charge in [0.05, 0.1) is 18.2 Å². The number of thioether (sulfide) groups is 1. The Morgan fingerprint density at radius 3 is 2.63 bits per heavy atom. The molecule has 0 saturated carbocycles. The van der Waals surface area contributed by atoms with Crippen molar-refractivity contribution in [2.45, 2.75) is 44.0 Å². The Morgan fingerprint density at radius 1 is 1.23 bits per heavy atom. The maximum atomic E-state index is 13.0. The molecule has 0 fully saturated rings. The molecule has 190 valence electrons. The predicted molar refractivity (Wildman–Crippen MR) is 135 cm³/mol. The molecule has 1 amide bonds. The second-order valence-electron chi connectivity index (χ2n) is 7.79. The van der Waals surface area contributed by atoms with Gasteiger partial charge >= 0.3 is 5.97 Å². The topological polar surface area (TPSA) is 140 Å². The zero-order valence-electron chi connectivity index (χ0n) is 19.9. The van der Waals surface area contributed by atoms with Crippen LogP contribution in [0.5, 0.6) is 0 Å². The maximum absolute atomic E-state index is 13.0. The highest BCUT2D eigenvalue weighted by molar-refractivity contribution is 7.99. The zero-order chi connectivity index (χ0) is 25.6. The molecule has 11 heteroatoms. The summed E-state index contributed by atoms with van der Waals surface area (Å²) >= 11 is 1.35. The van der Waals surface area contributed by atoms with Gasteiger partial charge < -0.3 is 20.5 Å². The van der Waals surface area contributed by atoms with E-state index in [4.69, 9.17) is 4.74 Å². The number of carboxylic acids is 1. The molecule has 2 rings (SSSR count). The highest BCUT2D eigenvalue weighted by Crippen LogP contribution is 2.15. The minimum Gasteiger partial charge on any atom is -0.481 e. The van der Waals surface area contributed by atoms with Crippen molar-refractivity contribution in [1.29, 1.82) is 0 Å². The quantitative estimate of drug-likeness (QED) is 0.293. The molecule has 1 aromatic heterocycles. The van der Waals surface area contributed by atoms with Crippen molar-refractivity contribution in [3.8, 4) is 0 Å². The second-order valence-corrected chi connectivity index (χ2v) is 8.77. The number of hydrogen-bond acceptors (Lipinski definition) is 8. The summed E-state index contributed by atoms with van der Waals surface area (Å²) in [6.07, 6.45) is 3.21. The van der Waals surface area contributed by atoms with Gasteiger partial charge in [0, 0.05) is 38.4 Å². The third-order valence-electron chi connectivity index (χ3n) is 5.15. The van der Waals surface area contributed by atoms with E-state index >= 15 is 0 Å². The zero-order valence-corrected chi connectivity index (χ0v) is 20.8. The summed E-state index contributed by atoms with van der Waals surface area (Å²) in [4.78, 5) is 54.1. The third kappa shape index (κ3) is 9.18. The number of carbonyl (C=O) groups is 3. The minimum atomic E-state index is -1.20. The van der Waals surface area contributed by atoms with Crippen LogP contribution in [0.2, 0.25) is 0 Å². The van der Waals surface area contributed by atoms with Gasteiger partial charge in [0.1, 0.15) is 6.04 Å². The number of Topliss-reactive ketones (excluding diaryl/α,β-unsaturated/α-hetero) is 1. The SMILES string of the molecule is CCC(C(=O)N[C@@H](CC(=O)O)C(=O)CSCc1ccccc1)n1ccnc(NCCCOC)c1=O. The molecule has 0 radical (unpaired) electrons. The van der Waals surface area contributed by atoms with E-state index in [1.807, 2.05) is 30.3 Å². The molecule has 1 aromatic carbocycles. The second kappa shape index (κ2) is 14.9. The lowest BCUT2D eigenvalue weighted by Gasteiger charge is -2.22. The normalized spacial score (nSPS) is 12.5. The molecule has 10 nitrogen and oxygen atoms in total. The molecule has 35 heavy (non-hydrogen) atoms. The maximum Gasteiger partial charge on any atom is 0.305 e. The van der Waals surface area contributed by atoms with Crippen molar-refractivity contribution in [2.75, 3.05) is 31.3 Å². The first-order valence-electron chi connectivity index (χ1n) is 11.3. The monoisotopic (exact) mass is 504 g/mol. The molecule has 2 aromatic rings. The molecular formula is C24H32N4O6S. The van der Waals surface area contributed by atoms with E-state index in [1.54, 1.807) is 14.0 Å². The van der Waals surface area contributed by atoms with Crippen molar-refractivity contribution in [2.24, 2.45) is 0 Å². The van der Waals surface area contributed by atoms with E-state index in [9.17, 15) is 24.3 Å². The van der Waals surface area contributed by atoms with Gasteiger partial charge in [0.2, 0.25) is 5.91 Å². The number of aromatic nitrogens is 2. The molecule has 0 aliphatic rings. The summed E-state index contributed by atoms with van der Waals surface area (Å²) < 4.78 is 6.23. The van der Waals surface area contributed by atoms with E-state index in [0.717, 1.165) is 5.56 Å². The van der Waals surface area contributed by atoms with Crippen LogP contribution in [0.3, 0.4) is 0 Å². The van der Waals surface area contributed by atoms with Gasteiger partial charge in [-0.05, 0) is 18.4 Å². The largest absolute Gasteiger partial charge is 0.481 e. The number of rotatable bonds is 16. The average Bonchev–Trinajstić information content (AvgIpc) is 2.84.